The van der Waals surface area contributed by atoms with Gasteiger partial charge < -0.3 is 14.8 Å². The van der Waals surface area contributed by atoms with Gasteiger partial charge in [-0.2, -0.15) is 0 Å². The molecule has 4 nitrogen and oxygen atoms in total. The average molecular weight is 294 g/mol. The Hall–Kier alpha value is -0.940. The first-order valence-electron chi connectivity index (χ1n) is 7.80. The summed E-state index contributed by atoms with van der Waals surface area (Å²) in [6, 6.07) is 11.1. The molecule has 120 valence electrons. The Kier molecular flexibility index (Phi) is 10.1. The molecule has 1 N–H and O–H groups in total. The summed E-state index contributed by atoms with van der Waals surface area (Å²) in [6.45, 7) is 7.61. The topological polar surface area (TPSA) is 33.7 Å². The Bertz CT molecular complexity index is 338. The first-order valence-corrected chi connectivity index (χ1v) is 7.80. The summed E-state index contributed by atoms with van der Waals surface area (Å²) in [4.78, 5) is 2.40. The second-order valence-electron chi connectivity index (χ2n) is 5.14. The van der Waals surface area contributed by atoms with Crippen LogP contribution in [0, 0.1) is 0 Å². The van der Waals surface area contributed by atoms with E-state index in [-0.39, 0.29) is 0 Å². The minimum atomic E-state index is 0.406. The lowest BCUT2D eigenvalue weighted by Crippen LogP contribution is -2.34. The molecule has 1 unspecified atom stereocenters. The van der Waals surface area contributed by atoms with Crippen LogP contribution in [0.1, 0.15) is 24.9 Å². The monoisotopic (exact) mass is 294 g/mol. The van der Waals surface area contributed by atoms with Gasteiger partial charge >= 0.3 is 0 Å². The van der Waals surface area contributed by atoms with Crippen molar-refractivity contribution < 1.29 is 9.47 Å². The van der Waals surface area contributed by atoms with E-state index in [1.165, 1.54) is 5.56 Å². The molecule has 0 saturated carbocycles. The molecule has 0 bridgehead atoms. The fourth-order valence-corrected chi connectivity index (χ4v) is 2.41. The largest absolute Gasteiger partial charge is 0.383 e. The van der Waals surface area contributed by atoms with E-state index in [1.54, 1.807) is 14.2 Å². The van der Waals surface area contributed by atoms with Gasteiger partial charge in [0.15, 0.2) is 0 Å². The van der Waals surface area contributed by atoms with Gasteiger partial charge in [-0.1, -0.05) is 37.3 Å². The number of benzene rings is 1. The molecule has 1 rings (SSSR count). The van der Waals surface area contributed by atoms with E-state index in [0.717, 1.165) is 45.8 Å². The maximum Gasteiger partial charge on any atom is 0.0589 e. The van der Waals surface area contributed by atoms with E-state index in [0.29, 0.717) is 6.04 Å². The highest BCUT2D eigenvalue weighted by Crippen LogP contribution is 2.16. The second-order valence-corrected chi connectivity index (χ2v) is 5.14. The van der Waals surface area contributed by atoms with E-state index >= 15 is 0 Å². The molecule has 0 aliphatic carbocycles. The molecule has 1 aromatic rings. The minimum absolute atomic E-state index is 0.406. The lowest BCUT2D eigenvalue weighted by molar-refractivity contribution is 0.111. The van der Waals surface area contributed by atoms with Gasteiger partial charge in [-0.05, 0) is 18.5 Å². The number of nitrogens with one attached hydrogen (secondary N) is 1. The molecule has 0 aliphatic heterocycles. The van der Waals surface area contributed by atoms with E-state index in [1.807, 2.05) is 0 Å². The SMILES string of the molecule is CCNC(CCN(CCOC)CCOC)c1ccccc1. The molecular weight excluding hydrogens is 264 g/mol. The predicted molar refractivity (Wildman–Crippen MR) is 87.7 cm³/mol. The normalized spacial score (nSPS) is 12.8. The molecule has 1 aromatic carbocycles. The Labute approximate surface area is 129 Å². The molecular formula is C17H30N2O2. The van der Waals surface area contributed by atoms with Crippen molar-refractivity contribution in [3.05, 3.63) is 35.9 Å². The molecule has 21 heavy (non-hydrogen) atoms. The van der Waals surface area contributed by atoms with Gasteiger partial charge in [0.1, 0.15) is 0 Å². The summed E-state index contributed by atoms with van der Waals surface area (Å²) in [5.41, 5.74) is 1.36. The van der Waals surface area contributed by atoms with Crippen LogP contribution in [0.4, 0.5) is 0 Å². The summed E-state index contributed by atoms with van der Waals surface area (Å²) >= 11 is 0. The number of rotatable bonds is 12. The van der Waals surface area contributed by atoms with Gasteiger partial charge in [-0.15, -0.1) is 0 Å². The predicted octanol–water partition coefficient (Wildman–Crippen LogP) is 2.32. The van der Waals surface area contributed by atoms with Crippen LogP contribution in [0.15, 0.2) is 30.3 Å². The summed E-state index contributed by atoms with van der Waals surface area (Å²) in [6.07, 6.45) is 1.09. The van der Waals surface area contributed by atoms with Crippen LogP contribution >= 0.6 is 0 Å². The van der Waals surface area contributed by atoms with E-state index in [4.69, 9.17) is 9.47 Å². The van der Waals surface area contributed by atoms with Gasteiger partial charge in [0.2, 0.25) is 0 Å². The van der Waals surface area contributed by atoms with Crippen molar-refractivity contribution in [2.45, 2.75) is 19.4 Å². The molecule has 4 heteroatoms. The van der Waals surface area contributed by atoms with Gasteiger partial charge in [0.25, 0.3) is 0 Å². The minimum Gasteiger partial charge on any atom is -0.383 e. The quantitative estimate of drug-likeness (QED) is 0.641. The molecule has 0 aromatic heterocycles. The zero-order chi connectivity index (χ0) is 15.3. The molecule has 0 saturated heterocycles. The average Bonchev–Trinajstić information content (AvgIpc) is 2.53. The molecule has 0 fully saturated rings. The van der Waals surface area contributed by atoms with Crippen molar-refractivity contribution in [3.8, 4) is 0 Å². The van der Waals surface area contributed by atoms with Gasteiger partial charge in [-0.25, -0.2) is 0 Å². The highest BCUT2D eigenvalue weighted by Gasteiger charge is 2.12. The smallest absolute Gasteiger partial charge is 0.0589 e. The summed E-state index contributed by atoms with van der Waals surface area (Å²) in [7, 11) is 3.50. The van der Waals surface area contributed by atoms with Crippen LogP contribution in [0.3, 0.4) is 0 Å². The standard InChI is InChI=1S/C17H30N2O2/c1-4-18-17(16-8-6-5-7-9-16)10-11-19(12-14-20-2)13-15-21-3/h5-9,17-18H,4,10-15H2,1-3H3. The zero-order valence-corrected chi connectivity index (χ0v) is 13.7. The maximum atomic E-state index is 5.19. The van der Waals surface area contributed by atoms with Gasteiger partial charge in [-0.3, -0.25) is 4.90 Å². The van der Waals surface area contributed by atoms with Crippen LogP contribution in [0.25, 0.3) is 0 Å². The lowest BCUT2D eigenvalue weighted by Gasteiger charge is -2.25. The Morgan fingerprint density at radius 1 is 1.00 bits per heavy atom. The van der Waals surface area contributed by atoms with Gasteiger partial charge in [0, 0.05) is 39.9 Å². The van der Waals surface area contributed by atoms with Crippen molar-refractivity contribution >= 4 is 0 Å². The third kappa shape index (κ3) is 7.58. The van der Waals surface area contributed by atoms with Crippen molar-refractivity contribution in [3.63, 3.8) is 0 Å². The number of methoxy groups -OCH3 is 2. The van der Waals surface area contributed by atoms with Crippen LogP contribution < -0.4 is 5.32 Å². The van der Waals surface area contributed by atoms with Gasteiger partial charge in [0.05, 0.1) is 13.2 Å². The zero-order valence-electron chi connectivity index (χ0n) is 13.7. The third-order valence-electron chi connectivity index (χ3n) is 3.61. The van der Waals surface area contributed by atoms with E-state index < -0.39 is 0 Å². The van der Waals surface area contributed by atoms with Crippen LogP contribution in [0.5, 0.6) is 0 Å². The molecule has 0 aliphatic rings. The van der Waals surface area contributed by atoms with Crippen molar-refractivity contribution in [1.29, 1.82) is 0 Å². The lowest BCUT2D eigenvalue weighted by atomic mass is 10.0. The Morgan fingerprint density at radius 3 is 2.14 bits per heavy atom. The highest BCUT2D eigenvalue weighted by atomic mass is 16.5. The number of hydrogen-bond donors (Lipinski definition) is 1. The molecule has 0 radical (unpaired) electrons. The maximum absolute atomic E-state index is 5.19. The summed E-state index contributed by atoms with van der Waals surface area (Å²) < 4.78 is 10.4. The Balaban J connectivity index is 2.52. The fourth-order valence-electron chi connectivity index (χ4n) is 2.41. The summed E-state index contributed by atoms with van der Waals surface area (Å²) in [5.74, 6) is 0. The molecule has 0 amide bonds. The van der Waals surface area contributed by atoms with E-state index in [2.05, 4.69) is 47.5 Å². The highest BCUT2D eigenvalue weighted by molar-refractivity contribution is 5.18. The third-order valence-corrected chi connectivity index (χ3v) is 3.61. The molecule has 0 spiro atoms. The fraction of sp³-hybridized carbons (Fsp3) is 0.647. The molecule has 0 heterocycles. The Morgan fingerprint density at radius 2 is 1.62 bits per heavy atom. The number of hydrogen-bond acceptors (Lipinski definition) is 4. The molecule has 1 atom stereocenters. The van der Waals surface area contributed by atoms with Crippen LogP contribution in [0.2, 0.25) is 0 Å². The van der Waals surface area contributed by atoms with E-state index in [9.17, 15) is 0 Å². The van der Waals surface area contributed by atoms with Crippen LogP contribution in [-0.4, -0.2) is 58.5 Å². The number of nitrogens with zero attached hydrogens (tertiary/aromatic N) is 1. The summed E-state index contributed by atoms with van der Waals surface area (Å²) in [5, 5.41) is 3.58. The van der Waals surface area contributed by atoms with Crippen LogP contribution in [-0.2, 0) is 9.47 Å². The first kappa shape index (κ1) is 18.1. The second kappa shape index (κ2) is 11.7. The van der Waals surface area contributed by atoms with Crippen molar-refractivity contribution in [2.24, 2.45) is 0 Å². The van der Waals surface area contributed by atoms with Crippen molar-refractivity contribution in [2.75, 3.05) is 53.6 Å². The first-order chi connectivity index (χ1) is 10.3. The van der Waals surface area contributed by atoms with Crippen molar-refractivity contribution in [1.82, 2.24) is 10.2 Å². The number of ether oxygens (including phenoxy) is 2.